The molecule has 2 saturated heterocycles. The lowest BCUT2D eigenvalue weighted by Crippen LogP contribution is -2.55. The van der Waals surface area contributed by atoms with Gasteiger partial charge in [0.25, 0.3) is 0 Å². The molecule has 4 unspecified atom stereocenters. The molecule has 14 nitrogen and oxygen atoms in total. The Kier molecular flexibility index (Phi) is 11.1. The number of H-pyrrole nitrogens is 1. The summed E-state index contributed by atoms with van der Waals surface area (Å²) in [5.41, 5.74) is 3.33. The number of ether oxygens (including phenoxy) is 3. The molecule has 0 spiro atoms. The monoisotopic (exact) mass is 906 g/mol. The van der Waals surface area contributed by atoms with Gasteiger partial charge in [-0.25, -0.2) is 19.0 Å². The van der Waals surface area contributed by atoms with Gasteiger partial charge < -0.3 is 34.7 Å². The molecule has 10 rings (SSSR count). The third-order valence-corrected chi connectivity index (χ3v) is 15.1. The van der Waals surface area contributed by atoms with Crippen LogP contribution in [0, 0.1) is 11.8 Å². The number of aliphatic imine (C=N–C) groups is 1. The number of imidazole rings is 1. The lowest BCUT2D eigenvalue weighted by Gasteiger charge is -2.36. The number of hydrogen-bond donors (Lipinski definition) is 3. The quantitative estimate of drug-likeness (QED) is 0.150. The van der Waals surface area contributed by atoms with E-state index >= 15 is 4.39 Å². The average molecular weight is 907 g/mol. The second-order valence-corrected chi connectivity index (χ2v) is 21.0. The highest BCUT2D eigenvalue weighted by atomic mass is 32.1. The van der Waals surface area contributed by atoms with Crippen LogP contribution in [0.25, 0.3) is 27.7 Å². The third kappa shape index (κ3) is 8.09. The molecular formula is C49H59FN8O6S. The zero-order valence-corrected chi connectivity index (χ0v) is 39.0. The number of allylic oxidation sites excluding steroid dienone is 3. The van der Waals surface area contributed by atoms with Crippen LogP contribution >= 0.6 is 11.3 Å². The van der Waals surface area contributed by atoms with E-state index in [1.165, 1.54) is 24.8 Å². The van der Waals surface area contributed by atoms with E-state index in [2.05, 4.69) is 56.6 Å². The van der Waals surface area contributed by atoms with E-state index in [4.69, 9.17) is 24.2 Å². The summed E-state index contributed by atoms with van der Waals surface area (Å²) in [5, 5.41) is 7.27. The Morgan fingerprint density at radius 3 is 2.58 bits per heavy atom. The van der Waals surface area contributed by atoms with Crippen molar-refractivity contribution in [3.63, 3.8) is 0 Å². The number of carbonyl (C=O) groups excluding carboxylic acids is 3. The van der Waals surface area contributed by atoms with Gasteiger partial charge in [-0.2, -0.15) is 0 Å². The van der Waals surface area contributed by atoms with Crippen LogP contribution in [-0.4, -0.2) is 98.2 Å². The van der Waals surface area contributed by atoms with Gasteiger partial charge in [0.05, 0.1) is 65.3 Å². The molecule has 3 fully saturated rings. The Balaban J connectivity index is 0.919. The summed E-state index contributed by atoms with van der Waals surface area (Å²) in [7, 11) is 1.29. The molecule has 3 aromatic heterocycles. The number of nitrogens with one attached hydrogen (secondary N) is 3. The molecule has 3 N–H and O–H groups in total. The predicted molar refractivity (Wildman–Crippen MR) is 247 cm³/mol. The van der Waals surface area contributed by atoms with Crippen LogP contribution in [-0.2, 0) is 19.0 Å². The molecule has 16 heteroatoms. The lowest BCUT2D eigenvalue weighted by molar-refractivity contribution is -0.134. The molecule has 3 amide bonds. The number of amides is 3. The van der Waals surface area contributed by atoms with Crippen molar-refractivity contribution < 1.29 is 33.0 Å². The van der Waals surface area contributed by atoms with Gasteiger partial charge in [0, 0.05) is 40.8 Å². The number of thiophene rings is 1. The highest BCUT2D eigenvalue weighted by Crippen LogP contribution is 2.51. The van der Waals surface area contributed by atoms with E-state index < -0.39 is 24.0 Å². The van der Waals surface area contributed by atoms with Crippen LogP contribution < -0.4 is 10.6 Å². The van der Waals surface area contributed by atoms with Crippen LogP contribution in [0.1, 0.15) is 126 Å². The van der Waals surface area contributed by atoms with Gasteiger partial charge in [0.1, 0.15) is 34.9 Å². The zero-order valence-electron chi connectivity index (χ0n) is 38.2. The predicted octanol–water partition coefficient (Wildman–Crippen LogP) is 9.33. The Hall–Kier alpha value is -5.64. The van der Waals surface area contributed by atoms with Gasteiger partial charge in [-0.3, -0.25) is 19.3 Å². The molecule has 4 aliphatic heterocycles. The summed E-state index contributed by atoms with van der Waals surface area (Å²) >= 11 is 1.78. The van der Waals surface area contributed by atoms with Crippen molar-refractivity contribution in [3.05, 3.63) is 81.5 Å². The molecule has 1 aromatic carbocycles. The number of amidine groups is 1. The minimum Gasteiger partial charge on any atom is -0.469 e. The highest BCUT2D eigenvalue weighted by molar-refractivity contribution is 7.12. The molecule has 344 valence electrons. The Morgan fingerprint density at radius 1 is 1.03 bits per heavy atom. The number of aromatic amines is 1. The second-order valence-electron chi connectivity index (χ2n) is 19.9. The molecule has 2 aliphatic carbocycles. The average Bonchev–Trinajstić information content (AvgIpc) is 3.95. The molecule has 6 aliphatic rings. The first-order chi connectivity index (χ1) is 31.1. The first-order valence-corrected chi connectivity index (χ1v) is 24.0. The third-order valence-electron chi connectivity index (χ3n) is 13.8. The highest BCUT2D eigenvalue weighted by Gasteiger charge is 2.44. The van der Waals surface area contributed by atoms with E-state index in [-0.39, 0.29) is 53.8 Å². The van der Waals surface area contributed by atoms with Crippen LogP contribution in [0.3, 0.4) is 0 Å². The summed E-state index contributed by atoms with van der Waals surface area (Å²) in [6.07, 6.45) is 8.14. The minimum absolute atomic E-state index is 0.0252. The normalized spacial score (nSPS) is 25.8. The maximum atomic E-state index is 16.9. The maximum absolute atomic E-state index is 16.9. The van der Waals surface area contributed by atoms with Crippen LogP contribution in [0.4, 0.5) is 14.0 Å². The molecule has 0 bridgehead atoms. The van der Waals surface area contributed by atoms with E-state index in [0.29, 0.717) is 36.8 Å². The summed E-state index contributed by atoms with van der Waals surface area (Å²) < 4.78 is 36.7. The lowest BCUT2D eigenvalue weighted by atomic mass is 9.86. The number of likely N-dealkylation sites (tertiary alicyclic amines) is 2. The van der Waals surface area contributed by atoms with Crippen molar-refractivity contribution >= 4 is 51.7 Å². The summed E-state index contributed by atoms with van der Waals surface area (Å²) in [5.74, 6) is 1.77. The van der Waals surface area contributed by atoms with Gasteiger partial charge in [0.15, 0.2) is 0 Å². The number of rotatable bonds is 9. The van der Waals surface area contributed by atoms with Crippen LogP contribution in [0.2, 0.25) is 0 Å². The number of nitrogens with zero attached hydrogens (tertiary/aromatic N) is 5. The molecule has 1 saturated carbocycles. The number of alkyl carbamates (subject to hydrolysis) is 1. The number of carbonyl (C=O) groups is 3. The molecule has 65 heavy (non-hydrogen) atoms. The minimum atomic E-state index is -0.730. The zero-order chi connectivity index (χ0) is 45.5. The van der Waals surface area contributed by atoms with Gasteiger partial charge in [-0.05, 0) is 114 Å². The Labute approximate surface area is 382 Å². The molecule has 4 aromatic rings. The van der Waals surface area contributed by atoms with E-state index in [9.17, 15) is 14.4 Å². The van der Waals surface area contributed by atoms with E-state index in [0.717, 1.165) is 70.1 Å². The summed E-state index contributed by atoms with van der Waals surface area (Å²) in [6, 6.07) is 11.3. The standard InChI is InChI=1S/C49H59FN8O6S/c1-25(2)42(55-47(60)62-7)45(59)56-18-8-9-35(56)43-51-24-33(54-43)29-20-31(50)41-37-21-30-19-28(32-23-52-44(53-32)36-14-10-26(3)57(36)48(61)64-49(4,5)6)13-15-34(30)58(37)46(63-38(41)22-29)40-17-16-39(65-40)27-11-12-27/h13,15-17,19-21,23,25-27,29,33,35-36,42,46H,8-12,14,18,22,24H2,1-7H3,(H,51,54)(H,52,53)(H,55,60)/t26-,29?,33?,35+,36?,42+,46?/m1/s1. The summed E-state index contributed by atoms with van der Waals surface area (Å²) in [6.45, 7) is 12.5. The van der Waals surface area contributed by atoms with E-state index in [1.54, 1.807) is 22.3 Å². The molecular weight excluding hydrogens is 848 g/mol. The fourth-order valence-electron chi connectivity index (χ4n) is 10.4. The number of halogens is 1. The fourth-order valence-corrected chi connectivity index (χ4v) is 11.6. The fraction of sp³-hybridized carbons (Fsp3) is 0.531. The Morgan fingerprint density at radius 2 is 1.83 bits per heavy atom. The number of methoxy groups -OCH3 is 1. The van der Waals surface area contributed by atoms with Gasteiger partial charge in [0.2, 0.25) is 12.1 Å². The van der Waals surface area contributed by atoms with Crippen molar-refractivity contribution in [1.29, 1.82) is 0 Å². The SMILES string of the molecule is COC(=O)N[C@H](C(=O)N1CCC[C@H]1C1=NCC(C2C=C(F)C3=C(C2)OC(c2ccc(C4CC4)s2)n2c3cc3cc(-c4cnc(C5CC[C@@H](C)N5C(=O)OC(C)(C)C)[nH]4)ccc32)N1)C(C)C. The van der Waals surface area contributed by atoms with Crippen molar-refractivity contribution in [3.8, 4) is 11.3 Å². The molecule has 7 heterocycles. The molecule has 0 radical (unpaired) electrons. The van der Waals surface area contributed by atoms with Crippen molar-refractivity contribution in [1.82, 2.24) is 35.0 Å². The number of fused-ring (bicyclic) bond motifs is 4. The van der Waals surface area contributed by atoms with Gasteiger partial charge in [-0.1, -0.05) is 19.9 Å². The maximum Gasteiger partial charge on any atom is 0.411 e. The summed E-state index contributed by atoms with van der Waals surface area (Å²) in [4.78, 5) is 58.5. The van der Waals surface area contributed by atoms with E-state index in [1.807, 2.05) is 52.6 Å². The van der Waals surface area contributed by atoms with Crippen molar-refractivity contribution in [2.24, 2.45) is 16.8 Å². The van der Waals surface area contributed by atoms with Gasteiger partial charge in [-0.15, -0.1) is 11.3 Å². The van der Waals surface area contributed by atoms with Crippen molar-refractivity contribution in [2.45, 2.75) is 134 Å². The van der Waals surface area contributed by atoms with Crippen molar-refractivity contribution in [2.75, 3.05) is 20.2 Å². The van der Waals surface area contributed by atoms with Crippen LogP contribution in [0.5, 0.6) is 0 Å². The molecule has 7 atom stereocenters. The second kappa shape index (κ2) is 16.7. The van der Waals surface area contributed by atoms with Gasteiger partial charge >= 0.3 is 12.2 Å². The number of benzene rings is 1. The smallest absolute Gasteiger partial charge is 0.411 e. The Bertz CT molecular complexity index is 2630. The topological polar surface area (TPSA) is 155 Å². The number of hydrogen-bond acceptors (Lipinski definition) is 10. The first-order valence-electron chi connectivity index (χ1n) is 23.2. The number of aromatic nitrogens is 3. The van der Waals surface area contributed by atoms with Crippen LogP contribution in [0.15, 0.2) is 65.2 Å². The first kappa shape index (κ1) is 43.3. The largest absolute Gasteiger partial charge is 0.469 e.